The van der Waals surface area contributed by atoms with Crippen LogP contribution in [0.25, 0.3) is 0 Å². The summed E-state index contributed by atoms with van der Waals surface area (Å²) >= 11 is 8.54. The molecular weight excluding hydrogens is 286 g/mol. The first kappa shape index (κ1) is 11.4. The lowest BCUT2D eigenvalue weighted by atomic mass is 10.2. The molecule has 0 unspecified atom stereocenters. The Kier molecular flexibility index (Phi) is 3.46. The zero-order valence-corrected chi connectivity index (χ0v) is 11.1. The maximum atomic E-state index is 5.15. The normalized spacial score (nSPS) is 10.4. The number of pyridine rings is 1. The van der Waals surface area contributed by atoms with Gasteiger partial charge in [0.2, 0.25) is 0 Å². The van der Waals surface area contributed by atoms with E-state index in [4.69, 9.17) is 12.2 Å². The minimum Gasteiger partial charge on any atom is -0.346 e. The number of aromatic nitrogens is 3. The number of H-pyrrole nitrogens is 1. The van der Waals surface area contributed by atoms with Crippen molar-refractivity contribution in [1.82, 2.24) is 15.0 Å². The summed E-state index contributed by atoms with van der Waals surface area (Å²) in [7, 11) is 0. The van der Waals surface area contributed by atoms with Crippen molar-refractivity contribution < 1.29 is 0 Å². The highest BCUT2D eigenvalue weighted by molar-refractivity contribution is 9.10. The standard InChI is InChI=1S/C11H10BrN3S/c1-7-10(12)11(16)15-9(14-7)5-8-3-2-4-13-6-8/h2-4,6H,5H2,1H3,(H,14,15,16). The summed E-state index contributed by atoms with van der Waals surface area (Å²) in [4.78, 5) is 11.6. The summed E-state index contributed by atoms with van der Waals surface area (Å²) < 4.78 is 1.45. The number of rotatable bonds is 2. The number of aromatic amines is 1. The first-order valence-corrected chi connectivity index (χ1v) is 6.01. The van der Waals surface area contributed by atoms with Gasteiger partial charge in [-0.1, -0.05) is 18.3 Å². The van der Waals surface area contributed by atoms with Crippen LogP contribution in [-0.2, 0) is 6.42 Å². The third kappa shape index (κ3) is 2.54. The van der Waals surface area contributed by atoms with Gasteiger partial charge >= 0.3 is 0 Å². The second-order valence-electron chi connectivity index (χ2n) is 3.47. The molecule has 0 amide bonds. The number of nitrogens with zero attached hydrogens (tertiary/aromatic N) is 2. The van der Waals surface area contributed by atoms with Gasteiger partial charge in [-0.2, -0.15) is 0 Å². The fourth-order valence-corrected chi connectivity index (χ4v) is 1.86. The van der Waals surface area contributed by atoms with Crippen molar-refractivity contribution in [2.45, 2.75) is 13.3 Å². The molecule has 0 aliphatic carbocycles. The highest BCUT2D eigenvalue weighted by Crippen LogP contribution is 2.15. The largest absolute Gasteiger partial charge is 0.346 e. The molecule has 5 heteroatoms. The Morgan fingerprint density at radius 2 is 2.31 bits per heavy atom. The number of hydrogen-bond acceptors (Lipinski definition) is 3. The van der Waals surface area contributed by atoms with Crippen LogP contribution in [-0.4, -0.2) is 15.0 Å². The molecule has 16 heavy (non-hydrogen) atoms. The molecule has 0 saturated heterocycles. The van der Waals surface area contributed by atoms with E-state index in [1.54, 1.807) is 6.20 Å². The molecule has 2 aromatic rings. The van der Waals surface area contributed by atoms with Crippen LogP contribution < -0.4 is 0 Å². The van der Waals surface area contributed by atoms with Crippen LogP contribution in [0.5, 0.6) is 0 Å². The number of aryl methyl sites for hydroxylation is 1. The number of nitrogens with one attached hydrogen (secondary N) is 1. The molecule has 0 aliphatic heterocycles. The Labute approximate surface area is 107 Å². The van der Waals surface area contributed by atoms with Crippen molar-refractivity contribution in [3.63, 3.8) is 0 Å². The van der Waals surface area contributed by atoms with Gasteiger partial charge in [-0.3, -0.25) is 4.98 Å². The zero-order valence-electron chi connectivity index (χ0n) is 8.70. The molecule has 0 aromatic carbocycles. The van der Waals surface area contributed by atoms with Gasteiger partial charge in [-0.25, -0.2) is 4.98 Å². The lowest BCUT2D eigenvalue weighted by Crippen LogP contribution is -2.00. The van der Waals surface area contributed by atoms with E-state index in [0.717, 1.165) is 21.6 Å². The van der Waals surface area contributed by atoms with Gasteiger partial charge in [0.25, 0.3) is 0 Å². The molecule has 0 saturated carbocycles. The monoisotopic (exact) mass is 295 g/mol. The minimum absolute atomic E-state index is 0.593. The van der Waals surface area contributed by atoms with Gasteiger partial charge < -0.3 is 4.98 Å². The van der Waals surface area contributed by atoms with Crippen LogP contribution >= 0.6 is 28.1 Å². The number of hydrogen-bond donors (Lipinski definition) is 1. The Bertz CT molecular complexity index is 551. The van der Waals surface area contributed by atoms with Crippen molar-refractivity contribution in [2.24, 2.45) is 0 Å². The zero-order chi connectivity index (χ0) is 11.5. The summed E-state index contributed by atoms with van der Waals surface area (Å²) in [6, 6.07) is 3.93. The molecule has 82 valence electrons. The first-order chi connectivity index (χ1) is 7.66. The van der Waals surface area contributed by atoms with E-state index in [1.165, 1.54) is 0 Å². The van der Waals surface area contributed by atoms with Crippen LogP contribution in [0.15, 0.2) is 29.0 Å². The summed E-state index contributed by atoms with van der Waals surface area (Å²) in [5, 5.41) is 0. The molecule has 3 nitrogen and oxygen atoms in total. The molecule has 2 aromatic heterocycles. The van der Waals surface area contributed by atoms with Gasteiger partial charge in [-0.15, -0.1) is 0 Å². The Hall–Kier alpha value is -1.07. The molecule has 2 rings (SSSR count). The predicted molar refractivity (Wildman–Crippen MR) is 68.9 cm³/mol. The minimum atomic E-state index is 0.593. The first-order valence-electron chi connectivity index (χ1n) is 4.81. The topological polar surface area (TPSA) is 41.6 Å². The molecule has 0 radical (unpaired) electrons. The van der Waals surface area contributed by atoms with Crippen LogP contribution in [0.4, 0.5) is 0 Å². The molecule has 0 spiro atoms. The molecule has 0 fully saturated rings. The van der Waals surface area contributed by atoms with E-state index in [0.29, 0.717) is 11.1 Å². The predicted octanol–water partition coefficient (Wildman–Crippen LogP) is 3.20. The van der Waals surface area contributed by atoms with E-state index >= 15 is 0 Å². The van der Waals surface area contributed by atoms with E-state index < -0.39 is 0 Å². The van der Waals surface area contributed by atoms with E-state index in [2.05, 4.69) is 30.9 Å². The van der Waals surface area contributed by atoms with Crippen LogP contribution in [0.2, 0.25) is 0 Å². The van der Waals surface area contributed by atoms with Crippen LogP contribution in [0.1, 0.15) is 17.1 Å². The Balaban J connectivity index is 2.33. The van der Waals surface area contributed by atoms with Crippen molar-refractivity contribution >= 4 is 28.1 Å². The summed E-state index contributed by atoms with van der Waals surface area (Å²) in [5.41, 5.74) is 2.11. The molecule has 0 atom stereocenters. The van der Waals surface area contributed by atoms with Crippen LogP contribution in [0, 0.1) is 11.6 Å². The lowest BCUT2D eigenvalue weighted by Gasteiger charge is -2.04. The van der Waals surface area contributed by atoms with E-state index in [-0.39, 0.29) is 0 Å². The second kappa shape index (κ2) is 4.84. The molecule has 0 bridgehead atoms. The van der Waals surface area contributed by atoms with Gasteiger partial charge in [-0.05, 0) is 34.5 Å². The molecule has 0 aliphatic rings. The van der Waals surface area contributed by atoms with Crippen molar-refractivity contribution in [2.75, 3.05) is 0 Å². The SMILES string of the molecule is Cc1[nH]c(Cc2cccnc2)nc(=S)c1Br. The maximum absolute atomic E-state index is 5.15. The van der Waals surface area contributed by atoms with Crippen molar-refractivity contribution in [3.8, 4) is 0 Å². The van der Waals surface area contributed by atoms with Gasteiger partial charge in [0.1, 0.15) is 10.5 Å². The highest BCUT2D eigenvalue weighted by atomic mass is 79.9. The fourth-order valence-electron chi connectivity index (χ4n) is 1.41. The fraction of sp³-hybridized carbons (Fsp3) is 0.182. The van der Waals surface area contributed by atoms with Crippen molar-refractivity contribution in [1.29, 1.82) is 0 Å². The average molecular weight is 296 g/mol. The third-order valence-electron chi connectivity index (χ3n) is 2.18. The number of halogens is 1. The third-order valence-corrected chi connectivity index (χ3v) is 3.71. The second-order valence-corrected chi connectivity index (χ2v) is 4.65. The smallest absolute Gasteiger partial charge is 0.144 e. The van der Waals surface area contributed by atoms with E-state index in [1.807, 2.05) is 25.3 Å². The van der Waals surface area contributed by atoms with Gasteiger partial charge in [0, 0.05) is 24.5 Å². The lowest BCUT2D eigenvalue weighted by molar-refractivity contribution is 0.921. The van der Waals surface area contributed by atoms with Crippen LogP contribution in [0.3, 0.4) is 0 Å². The Morgan fingerprint density at radius 3 is 2.94 bits per heavy atom. The quantitative estimate of drug-likeness (QED) is 0.865. The average Bonchev–Trinajstić information content (AvgIpc) is 2.27. The maximum Gasteiger partial charge on any atom is 0.144 e. The Morgan fingerprint density at radius 1 is 1.50 bits per heavy atom. The summed E-state index contributed by atoms with van der Waals surface area (Å²) in [6.45, 7) is 1.97. The molecule has 2 heterocycles. The van der Waals surface area contributed by atoms with Gasteiger partial charge in [0.15, 0.2) is 0 Å². The molecule has 1 N–H and O–H groups in total. The summed E-state index contributed by atoms with van der Waals surface area (Å²) in [6.07, 6.45) is 4.30. The van der Waals surface area contributed by atoms with Crippen molar-refractivity contribution in [3.05, 3.63) is 50.7 Å². The molecular formula is C11H10BrN3S. The van der Waals surface area contributed by atoms with E-state index in [9.17, 15) is 0 Å². The summed E-state index contributed by atoms with van der Waals surface area (Å²) in [5.74, 6) is 0.860. The van der Waals surface area contributed by atoms with Gasteiger partial charge in [0.05, 0.1) is 4.47 Å². The highest BCUT2D eigenvalue weighted by Gasteiger charge is 2.03.